The van der Waals surface area contributed by atoms with E-state index in [0.29, 0.717) is 4.55 Å². The Kier molecular flexibility index (Phi) is 3.81. The van der Waals surface area contributed by atoms with Gasteiger partial charge in [0.2, 0.25) is 0 Å². The van der Waals surface area contributed by atoms with Crippen LogP contribution < -0.4 is 5.32 Å². The van der Waals surface area contributed by atoms with Crippen LogP contribution in [0.25, 0.3) is 0 Å². The molecule has 0 aliphatic rings. The molecule has 1 aromatic rings. The fraction of sp³-hybridized carbons (Fsp3) is 0.125. The molecule has 0 spiro atoms. The lowest BCUT2D eigenvalue weighted by molar-refractivity contribution is 0.0697. The number of alkyl halides is 1. The monoisotopic (exact) mass is 293 g/mol. The maximum atomic E-state index is 10.5. The van der Waals surface area contributed by atoms with Gasteiger partial charge in [0.25, 0.3) is 0 Å². The summed E-state index contributed by atoms with van der Waals surface area (Å²) >= 11 is -1.02. The van der Waals surface area contributed by atoms with Crippen LogP contribution in [-0.4, -0.2) is 15.6 Å². The molecule has 0 bridgehead atoms. The van der Waals surface area contributed by atoms with E-state index >= 15 is 0 Å². The van der Waals surface area contributed by atoms with E-state index in [9.17, 15) is 7.86 Å². The first kappa shape index (κ1) is 10.1. The number of nitrogens with one attached hydrogen (secondary N) is 1. The topological polar surface area (TPSA) is 66.4 Å². The molecule has 2 N–H and O–H groups in total. The number of carboxylic acid groups (broad SMARTS) is 1. The molecule has 4 nitrogen and oxygen atoms in total. The van der Waals surface area contributed by atoms with Crippen LogP contribution in [-0.2, 0) is 3.07 Å². The van der Waals surface area contributed by atoms with Gasteiger partial charge in [-0.25, -0.2) is 4.79 Å². The van der Waals surface area contributed by atoms with Gasteiger partial charge in [0.1, 0.15) is 0 Å². The Balaban J connectivity index is 2.69. The summed E-state index contributed by atoms with van der Waals surface area (Å²) in [7, 11) is 0. The summed E-state index contributed by atoms with van der Waals surface area (Å²) in [4.78, 5) is 10.5. The molecule has 0 atom stereocenters. The molecule has 0 aliphatic carbocycles. The molecule has 1 aromatic carbocycles. The van der Waals surface area contributed by atoms with Gasteiger partial charge in [-0.15, -0.1) is 0 Å². The highest BCUT2D eigenvalue weighted by molar-refractivity contribution is 14.1. The van der Waals surface area contributed by atoms with Crippen molar-refractivity contribution in [1.82, 2.24) is 0 Å². The summed E-state index contributed by atoms with van der Waals surface area (Å²) in [5.41, 5.74) is 1.04. The van der Waals surface area contributed by atoms with Crippen LogP contribution in [0.5, 0.6) is 0 Å². The number of hydrogen-bond acceptors (Lipinski definition) is 3. The first-order valence-electron chi connectivity index (χ1n) is 3.52. The third kappa shape index (κ3) is 3.10. The first-order valence-corrected chi connectivity index (χ1v) is 5.93. The van der Waals surface area contributed by atoms with Gasteiger partial charge in [-0.1, -0.05) is 0 Å². The lowest BCUT2D eigenvalue weighted by Crippen LogP contribution is -1.98. The van der Waals surface area contributed by atoms with E-state index in [1.165, 1.54) is 12.1 Å². The van der Waals surface area contributed by atoms with Crippen molar-refractivity contribution >= 4 is 32.8 Å². The Morgan fingerprint density at radius 2 is 2.00 bits per heavy atom. The van der Waals surface area contributed by atoms with Gasteiger partial charge in [-0.2, -0.15) is 0 Å². The minimum atomic E-state index is -1.02. The SMILES string of the molecule is O=ICNc1ccc(C(=O)O)cc1. The molecule has 0 aromatic heterocycles. The molecule has 0 saturated carbocycles. The van der Waals surface area contributed by atoms with Crippen molar-refractivity contribution in [1.29, 1.82) is 0 Å². The second-order valence-corrected chi connectivity index (χ2v) is 3.69. The molecule has 5 heteroatoms. The molecule has 0 saturated heterocycles. The van der Waals surface area contributed by atoms with Crippen LogP contribution >= 0.6 is 21.2 Å². The standard InChI is InChI=1S/C8H8INO3/c11-8(12)6-1-3-7(4-2-6)10-5-9-13/h1-4,10H,5H2,(H,11,12). The average molecular weight is 293 g/mol. The molecule has 0 amide bonds. The number of halogens is 1. The van der Waals surface area contributed by atoms with E-state index in [1.807, 2.05) is 0 Å². The van der Waals surface area contributed by atoms with Crippen LogP contribution in [0, 0.1) is 0 Å². The van der Waals surface area contributed by atoms with Crippen LogP contribution in [0.2, 0.25) is 0 Å². The highest BCUT2D eigenvalue weighted by atomic mass is 127. The molecule has 0 unspecified atom stereocenters. The van der Waals surface area contributed by atoms with Crippen molar-refractivity contribution in [2.45, 2.75) is 0 Å². The van der Waals surface area contributed by atoms with Gasteiger partial charge in [0, 0.05) is 5.69 Å². The van der Waals surface area contributed by atoms with Crippen molar-refractivity contribution in [3.05, 3.63) is 29.8 Å². The lowest BCUT2D eigenvalue weighted by atomic mass is 10.2. The zero-order valence-corrected chi connectivity index (χ0v) is 8.82. The van der Waals surface area contributed by atoms with Gasteiger partial charge in [0.15, 0.2) is 21.2 Å². The van der Waals surface area contributed by atoms with E-state index in [1.54, 1.807) is 12.1 Å². The quantitative estimate of drug-likeness (QED) is 0.506. The average Bonchev–Trinajstić information content (AvgIpc) is 2.15. The predicted molar refractivity (Wildman–Crippen MR) is 56.6 cm³/mol. The first-order chi connectivity index (χ1) is 6.24. The molecular formula is C8H8INO3. The number of anilines is 1. The predicted octanol–water partition coefficient (Wildman–Crippen LogP) is 2.07. The number of carboxylic acids is 1. The Hall–Kier alpha value is -0.980. The molecular weight excluding hydrogens is 285 g/mol. The van der Waals surface area contributed by atoms with Gasteiger partial charge in [0.05, 0.1) is 10.1 Å². The minimum absolute atomic E-state index is 0.252. The lowest BCUT2D eigenvalue weighted by Gasteiger charge is -2.00. The Morgan fingerprint density at radius 3 is 2.46 bits per heavy atom. The Morgan fingerprint density at radius 1 is 1.38 bits per heavy atom. The van der Waals surface area contributed by atoms with Crippen LogP contribution in [0.3, 0.4) is 0 Å². The summed E-state index contributed by atoms with van der Waals surface area (Å²) in [5.74, 6) is -0.942. The van der Waals surface area contributed by atoms with Crippen LogP contribution in [0.1, 0.15) is 10.4 Å². The van der Waals surface area contributed by atoms with Gasteiger partial charge < -0.3 is 10.4 Å². The number of rotatable bonds is 4. The van der Waals surface area contributed by atoms with Crippen LogP contribution in [0.15, 0.2) is 24.3 Å². The number of benzene rings is 1. The Labute approximate surface area is 85.6 Å². The third-order valence-electron chi connectivity index (χ3n) is 1.46. The van der Waals surface area contributed by atoms with E-state index < -0.39 is 27.2 Å². The molecule has 1 rings (SSSR count). The van der Waals surface area contributed by atoms with Crippen LogP contribution in [0.4, 0.5) is 5.69 Å². The molecule has 13 heavy (non-hydrogen) atoms. The summed E-state index contributed by atoms with van der Waals surface area (Å²) < 4.78 is 10.7. The number of hydrogen-bond donors (Lipinski definition) is 2. The second kappa shape index (κ2) is 4.90. The van der Waals surface area contributed by atoms with Crippen molar-refractivity contribution in [2.24, 2.45) is 0 Å². The summed E-state index contributed by atoms with van der Waals surface area (Å²) in [6, 6.07) is 6.33. The molecule has 0 fully saturated rings. The largest absolute Gasteiger partial charge is 0.478 e. The summed E-state index contributed by atoms with van der Waals surface area (Å²) in [6.07, 6.45) is 0. The van der Waals surface area contributed by atoms with Crippen molar-refractivity contribution in [2.75, 3.05) is 9.87 Å². The fourth-order valence-corrected chi connectivity index (χ4v) is 1.43. The fourth-order valence-electron chi connectivity index (χ4n) is 0.835. The van der Waals surface area contributed by atoms with E-state index in [-0.39, 0.29) is 5.56 Å². The summed E-state index contributed by atoms with van der Waals surface area (Å²) in [6.45, 7) is 0. The van der Waals surface area contributed by atoms with Gasteiger partial charge >= 0.3 is 5.97 Å². The van der Waals surface area contributed by atoms with Crippen molar-refractivity contribution < 1.29 is 13.0 Å². The van der Waals surface area contributed by atoms with Gasteiger partial charge in [-0.3, -0.25) is 3.07 Å². The maximum Gasteiger partial charge on any atom is 0.335 e. The number of carbonyl (C=O) groups is 1. The molecule has 0 radical (unpaired) electrons. The molecule has 0 heterocycles. The zero-order chi connectivity index (χ0) is 9.68. The smallest absolute Gasteiger partial charge is 0.335 e. The third-order valence-corrected chi connectivity index (χ3v) is 2.15. The highest BCUT2D eigenvalue weighted by Crippen LogP contribution is 2.10. The summed E-state index contributed by atoms with van der Waals surface area (Å²) in [5, 5.41) is 11.5. The molecule has 0 aliphatic heterocycles. The van der Waals surface area contributed by atoms with E-state index in [2.05, 4.69) is 5.32 Å². The van der Waals surface area contributed by atoms with Crippen molar-refractivity contribution in [3.8, 4) is 0 Å². The second-order valence-electron chi connectivity index (χ2n) is 2.30. The molecule has 70 valence electrons. The zero-order valence-electron chi connectivity index (χ0n) is 6.66. The Bertz CT molecular complexity index is 310. The normalized spacial score (nSPS) is 9.54. The maximum absolute atomic E-state index is 10.5. The van der Waals surface area contributed by atoms with Gasteiger partial charge in [-0.05, 0) is 24.3 Å². The van der Waals surface area contributed by atoms with E-state index in [4.69, 9.17) is 5.11 Å². The number of aromatic carboxylic acids is 1. The minimum Gasteiger partial charge on any atom is -0.478 e. The van der Waals surface area contributed by atoms with E-state index in [0.717, 1.165) is 5.69 Å². The highest BCUT2D eigenvalue weighted by Gasteiger charge is 2.00. The van der Waals surface area contributed by atoms with Crippen molar-refractivity contribution in [3.63, 3.8) is 0 Å².